The van der Waals surface area contributed by atoms with E-state index in [-0.39, 0.29) is 5.78 Å². The highest BCUT2D eigenvalue weighted by Gasteiger charge is 2.10. The van der Waals surface area contributed by atoms with Crippen molar-refractivity contribution in [3.05, 3.63) is 54.1 Å². The minimum atomic E-state index is -0.608. The summed E-state index contributed by atoms with van der Waals surface area (Å²) >= 11 is 0. The van der Waals surface area contributed by atoms with E-state index >= 15 is 0 Å². The molecule has 5 heteroatoms. The lowest BCUT2D eigenvalue weighted by Crippen LogP contribution is -2.21. The standard InChI is InChI=1S/C16H17NO4/c1-3-4-5-10-16(20)21-11-15(19)17-14-9-7-6-8-13(14)12(2)18/h3-10H,11H2,1-2H3,(H,17,19)/b4-3+,10-5+. The molecule has 1 amide bonds. The molecule has 1 aromatic carbocycles. The highest BCUT2D eigenvalue weighted by atomic mass is 16.5. The summed E-state index contributed by atoms with van der Waals surface area (Å²) in [5, 5.41) is 2.54. The molecule has 0 aromatic heterocycles. The van der Waals surface area contributed by atoms with Gasteiger partial charge in [0.15, 0.2) is 12.4 Å². The van der Waals surface area contributed by atoms with Crippen molar-refractivity contribution < 1.29 is 19.1 Å². The first-order valence-electron chi connectivity index (χ1n) is 6.40. The molecule has 1 aromatic rings. The molecule has 0 aliphatic carbocycles. The summed E-state index contributed by atoms with van der Waals surface area (Å²) in [5.41, 5.74) is 0.806. The molecule has 0 radical (unpaired) electrons. The van der Waals surface area contributed by atoms with E-state index in [1.54, 1.807) is 36.4 Å². The number of carbonyl (C=O) groups is 3. The molecule has 0 heterocycles. The molecule has 0 bridgehead atoms. The number of esters is 1. The molecule has 0 spiro atoms. The maximum atomic E-state index is 11.7. The Balaban J connectivity index is 2.55. The average Bonchev–Trinajstić information content (AvgIpc) is 2.46. The number of ether oxygens (including phenoxy) is 1. The second-order valence-corrected chi connectivity index (χ2v) is 4.14. The van der Waals surface area contributed by atoms with Gasteiger partial charge in [-0.25, -0.2) is 4.79 Å². The van der Waals surface area contributed by atoms with E-state index in [1.807, 2.05) is 6.92 Å². The van der Waals surface area contributed by atoms with Crippen molar-refractivity contribution in [1.82, 2.24) is 0 Å². The smallest absolute Gasteiger partial charge is 0.331 e. The Labute approximate surface area is 123 Å². The van der Waals surface area contributed by atoms with Gasteiger partial charge in [-0.2, -0.15) is 0 Å². The molecule has 1 rings (SSSR count). The molecule has 5 nitrogen and oxygen atoms in total. The van der Waals surface area contributed by atoms with Crippen LogP contribution in [0.4, 0.5) is 5.69 Å². The van der Waals surface area contributed by atoms with Gasteiger partial charge in [0, 0.05) is 11.6 Å². The van der Waals surface area contributed by atoms with Crippen LogP contribution in [-0.4, -0.2) is 24.3 Å². The Morgan fingerprint density at radius 2 is 1.90 bits per heavy atom. The Morgan fingerprint density at radius 1 is 1.19 bits per heavy atom. The topological polar surface area (TPSA) is 72.5 Å². The first kappa shape index (κ1) is 16.4. The summed E-state index contributed by atoms with van der Waals surface area (Å²) in [5.74, 6) is -1.27. The summed E-state index contributed by atoms with van der Waals surface area (Å²) < 4.78 is 4.77. The SMILES string of the molecule is C/C=C/C=C/C(=O)OCC(=O)Nc1ccccc1C(C)=O. The maximum absolute atomic E-state index is 11.7. The van der Waals surface area contributed by atoms with Gasteiger partial charge in [0.2, 0.25) is 0 Å². The number of nitrogens with one attached hydrogen (secondary N) is 1. The molecule has 0 saturated heterocycles. The minimum absolute atomic E-state index is 0.155. The zero-order valence-corrected chi connectivity index (χ0v) is 12.0. The number of allylic oxidation sites excluding steroid dienone is 3. The highest BCUT2D eigenvalue weighted by Crippen LogP contribution is 2.15. The molecule has 0 saturated carbocycles. The summed E-state index contributed by atoms with van der Waals surface area (Å²) in [6.45, 7) is 2.82. The van der Waals surface area contributed by atoms with Crippen LogP contribution in [-0.2, 0) is 14.3 Å². The molecule has 21 heavy (non-hydrogen) atoms. The van der Waals surface area contributed by atoms with Gasteiger partial charge in [-0.15, -0.1) is 0 Å². The van der Waals surface area contributed by atoms with E-state index in [2.05, 4.69) is 5.32 Å². The van der Waals surface area contributed by atoms with Gasteiger partial charge in [0.25, 0.3) is 5.91 Å². The van der Waals surface area contributed by atoms with E-state index in [4.69, 9.17) is 4.74 Å². The van der Waals surface area contributed by atoms with Gasteiger partial charge in [0.1, 0.15) is 0 Å². The van der Waals surface area contributed by atoms with E-state index in [0.717, 1.165) is 0 Å². The van der Waals surface area contributed by atoms with Crippen molar-refractivity contribution >= 4 is 23.3 Å². The zero-order valence-electron chi connectivity index (χ0n) is 12.0. The third-order valence-corrected chi connectivity index (χ3v) is 2.46. The number of rotatable bonds is 6. The van der Waals surface area contributed by atoms with Crippen LogP contribution in [0, 0.1) is 0 Å². The zero-order chi connectivity index (χ0) is 15.7. The molecule has 0 atom stereocenters. The van der Waals surface area contributed by atoms with Gasteiger partial charge in [-0.05, 0) is 26.0 Å². The van der Waals surface area contributed by atoms with E-state index < -0.39 is 18.5 Å². The summed E-state index contributed by atoms with van der Waals surface area (Å²) in [6.07, 6.45) is 6.17. The van der Waals surface area contributed by atoms with Crippen molar-refractivity contribution in [1.29, 1.82) is 0 Å². The fourth-order valence-electron chi connectivity index (χ4n) is 1.52. The number of Topliss-reactive ketones (excluding diaryl/α,β-unsaturated/α-hetero) is 1. The molecule has 0 unspecified atom stereocenters. The molecule has 1 N–H and O–H groups in total. The molecule has 110 valence electrons. The van der Waals surface area contributed by atoms with Gasteiger partial charge < -0.3 is 10.1 Å². The summed E-state index contributed by atoms with van der Waals surface area (Å²) in [7, 11) is 0. The van der Waals surface area contributed by atoms with E-state index in [1.165, 1.54) is 19.1 Å². The minimum Gasteiger partial charge on any atom is -0.452 e. The van der Waals surface area contributed by atoms with Crippen molar-refractivity contribution in [2.75, 3.05) is 11.9 Å². The number of para-hydroxylation sites is 1. The fraction of sp³-hybridized carbons (Fsp3) is 0.188. The second kappa shape index (κ2) is 8.47. The average molecular weight is 287 g/mol. The van der Waals surface area contributed by atoms with Crippen molar-refractivity contribution in [2.45, 2.75) is 13.8 Å². The van der Waals surface area contributed by atoms with Gasteiger partial charge >= 0.3 is 5.97 Å². The molecular formula is C16H17NO4. The summed E-state index contributed by atoms with van der Waals surface area (Å²) in [6, 6.07) is 6.64. The van der Waals surface area contributed by atoms with Crippen LogP contribution < -0.4 is 5.32 Å². The lowest BCUT2D eigenvalue weighted by molar-refractivity contribution is -0.142. The van der Waals surface area contributed by atoms with Gasteiger partial charge in [0.05, 0.1) is 5.69 Å². The van der Waals surface area contributed by atoms with Crippen LogP contribution in [0.25, 0.3) is 0 Å². The Bertz CT molecular complexity index is 588. The predicted molar refractivity (Wildman–Crippen MR) is 80.0 cm³/mol. The van der Waals surface area contributed by atoms with Crippen molar-refractivity contribution in [2.24, 2.45) is 0 Å². The third kappa shape index (κ3) is 5.86. The Hall–Kier alpha value is -2.69. The number of hydrogen-bond donors (Lipinski definition) is 1. The first-order chi connectivity index (χ1) is 10.0. The molecule has 0 fully saturated rings. The number of carbonyl (C=O) groups excluding carboxylic acids is 3. The Kier molecular flexibility index (Phi) is 6.60. The Morgan fingerprint density at radius 3 is 2.57 bits per heavy atom. The third-order valence-electron chi connectivity index (χ3n) is 2.46. The van der Waals surface area contributed by atoms with Gasteiger partial charge in [-0.1, -0.05) is 30.4 Å². The predicted octanol–water partition coefficient (Wildman–Crippen LogP) is 2.50. The van der Waals surface area contributed by atoms with Crippen molar-refractivity contribution in [3.63, 3.8) is 0 Å². The number of ketones is 1. The number of amides is 1. The van der Waals surface area contributed by atoms with Crippen LogP contribution in [0.2, 0.25) is 0 Å². The van der Waals surface area contributed by atoms with E-state index in [0.29, 0.717) is 11.3 Å². The fourth-order valence-corrected chi connectivity index (χ4v) is 1.52. The maximum Gasteiger partial charge on any atom is 0.331 e. The lowest BCUT2D eigenvalue weighted by Gasteiger charge is -2.08. The van der Waals surface area contributed by atoms with Crippen LogP contribution in [0.1, 0.15) is 24.2 Å². The van der Waals surface area contributed by atoms with Crippen LogP contribution >= 0.6 is 0 Å². The normalized spacial score (nSPS) is 10.8. The first-order valence-corrected chi connectivity index (χ1v) is 6.40. The van der Waals surface area contributed by atoms with Crippen LogP contribution in [0.3, 0.4) is 0 Å². The van der Waals surface area contributed by atoms with Crippen LogP contribution in [0.15, 0.2) is 48.6 Å². The molecule has 0 aliphatic heterocycles. The highest BCUT2D eigenvalue weighted by molar-refractivity contribution is 6.04. The molecule has 0 aliphatic rings. The number of benzene rings is 1. The number of anilines is 1. The van der Waals surface area contributed by atoms with Crippen LogP contribution in [0.5, 0.6) is 0 Å². The number of hydrogen-bond acceptors (Lipinski definition) is 4. The quantitative estimate of drug-likeness (QED) is 0.377. The van der Waals surface area contributed by atoms with E-state index in [9.17, 15) is 14.4 Å². The van der Waals surface area contributed by atoms with Crippen molar-refractivity contribution in [3.8, 4) is 0 Å². The van der Waals surface area contributed by atoms with Gasteiger partial charge in [-0.3, -0.25) is 9.59 Å². The monoisotopic (exact) mass is 287 g/mol. The largest absolute Gasteiger partial charge is 0.452 e. The molecular weight excluding hydrogens is 270 g/mol. The summed E-state index contributed by atoms with van der Waals surface area (Å²) in [4.78, 5) is 34.4. The second-order valence-electron chi connectivity index (χ2n) is 4.14. The lowest BCUT2D eigenvalue weighted by atomic mass is 10.1.